The maximum atomic E-state index is 9.08. The molecule has 0 spiro atoms. The summed E-state index contributed by atoms with van der Waals surface area (Å²) in [5, 5.41) is 12.3. The molecule has 2 rings (SSSR count). The molecule has 0 unspecified atom stereocenters. The number of nitriles is 1. The Bertz CT molecular complexity index is 629. The number of halogens is 1. The van der Waals surface area contributed by atoms with Crippen molar-refractivity contribution in [3.63, 3.8) is 0 Å². The van der Waals surface area contributed by atoms with Crippen molar-refractivity contribution in [3.8, 4) is 6.07 Å². The number of nitrogens with one attached hydrogen (secondary N) is 1. The van der Waals surface area contributed by atoms with E-state index in [1.165, 1.54) is 0 Å². The van der Waals surface area contributed by atoms with Crippen LogP contribution in [0, 0.1) is 18.3 Å². The van der Waals surface area contributed by atoms with Crippen molar-refractivity contribution < 1.29 is 0 Å². The Kier molecular flexibility index (Phi) is 3.54. The highest BCUT2D eigenvalue weighted by Gasteiger charge is 2.05. The maximum Gasteiger partial charge on any atom is 0.101 e. The summed E-state index contributed by atoms with van der Waals surface area (Å²) >= 11 is 3.40. The Hall–Kier alpha value is -1.99. The van der Waals surface area contributed by atoms with Gasteiger partial charge in [-0.1, -0.05) is 15.9 Å². The van der Waals surface area contributed by atoms with Crippen molar-refractivity contribution in [1.29, 1.82) is 5.26 Å². The largest absolute Gasteiger partial charge is 0.399 e. The van der Waals surface area contributed by atoms with Gasteiger partial charge in [-0.05, 0) is 48.9 Å². The van der Waals surface area contributed by atoms with Gasteiger partial charge >= 0.3 is 0 Å². The number of hydrogen-bond acceptors (Lipinski definition) is 3. The summed E-state index contributed by atoms with van der Waals surface area (Å²) < 4.78 is 0.928. The number of anilines is 3. The molecule has 0 saturated carbocycles. The second kappa shape index (κ2) is 5.11. The van der Waals surface area contributed by atoms with Crippen LogP contribution in [0.1, 0.15) is 11.1 Å². The molecule has 4 heteroatoms. The Balaban J connectivity index is 2.40. The van der Waals surface area contributed by atoms with Gasteiger partial charge in [-0.25, -0.2) is 0 Å². The molecule has 90 valence electrons. The molecule has 0 aliphatic carbocycles. The molecule has 2 aromatic carbocycles. The third-order valence-corrected chi connectivity index (χ3v) is 3.12. The normalized spacial score (nSPS) is 9.83. The van der Waals surface area contributed by atoms with Crippen molar-refractivity contribution in [2.24, 2.45) is 0 Å². The standard InChI is InChI=1S/C14H12BrN3/c1-9-6-12(17)4-5-13(9)18-14-7-11(15)3-2-10(14)8-16/h2-7,18H,17H2,1H3. The minimum Gasteiger partial charge on any atom is -0.399 e. The highest BCUT2D eigenvalue weighted by atomic mass is 79.9. The summed E-state index contributed by atoms with van der Waals surface area (Å²) in [5.74, 6) is 0. The summed E-state index contributed by atoms with van der Waals surface area (Å²) in [5.41, 5.74) is 9.81. The Labute approximate surface area is 114 Å². The number of nitrogens with zero attached hydrogens (tertiary/aromatic N) is 1. The Morgan fingerprint density at radius 1 is 1.17 bits per heavy atom. The van der Waals surface area contributed by atoms with Gasteiger partial charge < -0.3 is 11.1 Å². The van der Waals surface area contributed by atoms with Gasteiger partial charge in [0.2, 0.25) is 0 Å². The van der Waals surface area contributed by atoms with Crippen LogP contribution < -0.4 is 11.1 Å². The molecule has 0 aliphatic heterocycles. The summed E-state index contributed by atoms with van der Waals surface area (Å²) in [7, 11) is 0. The number of benzene rings is 2. The third-order valence-electron chi connectivity index (χ3n) is 2.62. The lowest BCUT2D eigenvalue weighted by molar-refractivity contribution is 1.41. The fourth-order valence-corrected chi connectivity index (χ4v) is 2.05. The van der Waals surface area contributed by atoms with Crippen molar-refractivity contribution in [2.45, 2.75) is 6.92 Å². The van der Waals surface area contributed by atoms with Crippen LogP contribution in [-0.2, 0) is 0 Å². The van der Waals surface area contributed by atoms with Gasteiger partial charge in [0.15, 0.2) is 0 Å². The van der Waals surface area contributed by atoms with Crippen LogP contribution in [0.5, 0.6) is 0 Å². The quantitative estimate of drug-likeness (QED) is 0.826. The van der Waals surface area contributed by atoms with Gasteiger partial charge in [-0.3, -0.25) is 0 Å². The zero-order valence-electron chi connectivity index (χ0n) is 9.87. The van der Waals surface area contributed by atoms with E-state index in [2.05, 4.69) is 27.3 Å². The Morgan fingerprint density at radius 3 is 2.61 bits per heavy atom. The number of aryl methyl sites for hydroxylation is 1. The zero-order chi connectivity index (χ0) is 13.1. The van der Waals surface area contributed by atoms with Crippen molar-refractivity contribution >= 4 is 33.0 Å². The topological polar surface area (TPSA) is 61.8 Å². The second-order valence-electron chi connectivity index (χ2n) is 4.00. The fourth-order valence-electron chi connectivity index (χ4n) is 1.69. The van der Waals surface area contributed by atoms with E-state index in [0.717, 1.165) is 27.1 Å². The lowest BCUT2D eigenvalue weighted by atomic mass is 10.1. The highest BCUT2D eigenvalue weighted by molar-refractivity contribution is 9.10. The zero-order valence-corrected chi connectivity index (χ0v) is 11.5. The van der Waals surface area contributed by atoms with Crippen molar-refractivity contribution in [3.05, 3.63) is 52.0 Å². The number of nitrogens with two attached hydrogens (primary N) is 1. The first-order chi connectivity index (χ1) is 8.60. The van der Waals surface area contributed by atoms with Crippen molar-refractivity contribution in [2.75, 3.05) is 11.1 Å². The third kappa shape index (κ3) is 2.63. The van der Waals surface area contributed by atoms with Gasteiger partial charge in [-0.15, -0.1) is 0 Å². The average molecular weight is 302 g/mol. The van der Waals surface area contributed by atoms with Crippen LogP contribution in [-0.4, -0.2) is 0 Å². The average Bonchev–Trinajstić information content (AvgIpc) is 2.33. The van der Waals surface area contributed by atoms with Crippen LogP contribution in [0.3, 0.4) is 0 Å². The van der Waals surface area contributed by atoms with E-state index >= 15 is 0 Å². The van der Waals surface area contributed by atoms with E-state index in [1.54, 1.807) is 6.07 Å². The van der Waals surface area contributed by atoms with E-state index in [0.29, 0.717) is 5.56 Å². The summed E-state index contributed by atoms with van der Waals surface area (Å²) in [6, 6.07) is 13.3. The number of hydrogen-bond donors (Lipinski definition) is 2. The first kappa shape index (κ1) is 12.5. The van der Waals surface area contributed by atoms with Gasteiger partial charge in [0, 0.05) is 15.8 Å². The molecule has 0 aliphatic rings. The smallest absolute Gasteiger partial charge is 0.101 e. The molecular weight excluding hydrogens is 290 g/mol. The molecule has 3 nitrogen and oxygen atoms in total. The van der Waals surface area contributed by atoms with E-state index in [1.807, 2.05) is 37.3 Å². The van der Waals surface area contributed by atoms with E-state index in [4.69, 9.17) is 11.0 Å². The molecular formula is C14H12BrN3. The summed E-state index contributed by atoms with van der Waals surface area (Å²) in [6.45, 7) is 1.97. The van der Waals surface area contributed by atoms with Gasteiger partial charge in [0.1, 0.15) is 6.07 Å². The molecule has 0 atom stereocenters. The molecule has 0 saturated heterocycles. The highest BCUT2D eigenvalue weighted by Crippen LogP contribution is 2.27. The summed E-state index contributed by atoms with van der Waals surface area (Å²) in [4.78, 5) is 0. The van der Waals surface area contributed by atoms with Crippen LogP contribution in [0.25, 0.3) is 0 Å². The van der Waals surface area contributed by atoms with E-state index in [-0.39, 0.29) is 0 Å². The first-order valence-corrected chi connectivity index (χ1v) is 6.22. The van der Waals surface area contributed by atoms with Crippen LogP contribution in [0.2, 0.25) is 0 Å². The van der Waals surface area contributed by atoms with E-state index in [9.17, 15) is 0 Å². The van der Waals surface area contributed by atoms with Crippen LogP contribution >= 0.6 is 15.9 Å². The van der Waals surface area contributed by atoms with Crippen molar-refractivity contribution in [1.82, 2.24) is 0 Å². The van der Waals surface area contributed by atoms with Gasteiger partial charge in [-0.2, -0.15) is 5.26 Å². The molecule has 0 aromatic heterocycles. The lowest BCUT2D eigenvalue weighted by Gasteiger charge is -2.11. The first-order valence-electron chi connectivity index (χ1n) is 5.43. The molecule has 3 N–H and O–H groups in total. The minimum atomic E-state index is 0.606. The maximum absolute atomic E-state index is 9.08. The molecule has 0 fully saturated rings. The second-order valence-corrected chi connectivity index (χ2v) is 4.92. The number of nitrogen functional groups attached to an aromatic ring is 1. The molecule has 0 bridgehead atoms. The Morgan fingerprint density at radius 2 is 1.94 bits per heavy atom. The predicted molar refractivity (Wildman–Crippen MR) is 77.7 cm³/mol. The molecule has 0 radical (unpaired) electrons. The predicted octanol–water partition coefficient (Wildman–Crippen LogP) is 3.96. The monoisotopic (exact) mass is 301 g/mol. The minimum absolute atomic E-state index is 0.606. The lowest BCUT2D eigenvalue weighted by Crippen LogP contribution is -1.97. The molecule has 18 heavy (non-hydrogen) atoms. The molecule has 0 heterocycles. The number of rotatable bonds is 2. The SMILES string of the molecule is Cc1cc(N)ccc1Nc1cc(Br)ccc1C#N. The van der Waals surface area contributed by atoms with E-state index < -0.39 is 0 Å². The molecule has 0 amide bonds. The summed E-state index contributed by atoms with van der Waals surface area (Å²) in [6.07, 6.45) is 0. The fraction of sp³-hybridized carbons (Fsp3) is 0.0714. The van der Waals surface area contributed by atoms with Gasteiger partial charge in [0.05, 0.1) is 11.3 Å². The van der Waals surface area contributed by atoms with Crippen LogP contribution in [0.4, 0.5) is 17.1 Å². The van der Waals surface area contributed by atoms with Gasteiger partial charge in [0.25, 0.3) is 0 Å². The van der Waals surface area contributed by atoms with Crippen LogP contribution in [0.15, 0.2) is 40.9 Å². The molecule has 2 aromatic rings.